The lowest BCUT2D eigenvalue weighted by molar-refractivity contribution is -0.905. The number of carbonyl (C=O) groups excluding carboxylic acids is 1. The van der Waals surface area contributed by atoms with E-state index in [1.54, 1.807) is 4.90 Å². The van der Waals surface area contributed by atoms with Crippen molar-refractivity contribution in [2.75, 3.05) is 26.7 Å². The SMILES string of the molecule is CCC[NH+]1CCC(NC(=O)c2ccc(OC(F)F)c(OC)c2)CC1. The Bertz CT molecular complexity index is 547. The van der Waals surface area contributed by atoms with E-state index in [1.807, 2.05) is 0 Å². The van der Waals surface area contributed by atoms with Gasteiger partial charge in [0, 0.05) is 24.4 Å². The number of nitrogens with one attached hydrogen (secondary N) is 2. The normalized spacial score (nSPS) is 20.7. The number of amides is 1. The van der Waals surface area contributed by atoms with Gasteiger partial charge >= 0.3 is 6.61 Å². The van der Waals surface area contributed by atoms with E-state index >= 15 is 0 Å². The van der Waals surface area contributed by atoms with Crippen molar-refractivity contribution in [2.45, 2.75) is 38.8 Å². The second kappa shape index (κ2) is 8.82. The predicted molar refractivity (Wildman–Crippen MR) is 86.0 cm³/mol. The summed E-state index contributed by atoms with van der Waals surface area (Å²) in [6.45, 7) is 2.53. The van der Waals surface area contributed by atoms with Gasteiger partial charge in [-0.1, -0.05) is 6.92 Å². The maximum atomic E-state index is 12.4. The molecular formula is C17H25F2N2O3+. The van der Waals surface area contributed by atoms with Crippen LogP contribution in [0, 0.1) is 0 Å². The summed E-state index contributed by atoms with van der Waals surface area (Å²) in [5.41, 5.74) is 0.372. The summed E-state index contributed by atoms with van der Waals surface area (Å²) in [5.74, 6) is -0.188. The molecule has 1 aliphatic rings. The molecule has 5 nitrogen and oxygen atoms in total. The third-order valence-electron chi connectivity index (χ3n) is 4.27. The zero-order valence-corrected chi connectivity index (χ0v) is 14.1. The molecule has 1 aromatic carbocycles. The van der Waals surface area contributed by atoms with Crippen LogP contribution >= 0.6 is 0 Å². The number of rotatable bonds is 7. The van der Waals surface area contributed by atoms with E-state index in [-0.39, 0.29) is 23.4 Å². The average Bonchev–Trinajstić information content (AvgIpc) is 2.56. The number of halogens is 2. The van der Waals surface area contributed by atoms with Gasteiger partial charge in [-0.15, -0.1) is 0 Å². The molecule has 0 unspecified atom stereocenters. The number of methoxy groups -OCH3 is 1. The van der Waals surface area contributed by atoms with Crippen LogP contribution < -0.4 is 19.7 Å². The topological polar surface area (TPSA) is 52.0 Å². The lowest BCUT2D eigenvalue weighted by atomic mass is 10.0. The number of benzene rings is 1. The highest BCUT2D eigenvalue weighted by Gasteiger charge is 2.23. The molecule has 1 aromatic rings. The lowest BCUT2D eigenvalue weighted by Gasteiger charge is -2.29. The number of likely N-dealkylation sites (tertiary alicyclic amines) is 1. The highest BCUT2D eigenvalue weighted by Crippen LogP contribution is 2.29. The first-order valence-corrected chi connectivity index (χ1v) is 8.30. The molecule has 134 valence electrons. The van der Waals surface area contributed by atoms with Crippen molar-refractivity contribution in [1.29, 1.82) is 0 Å². The number of carbonyl (C=O) groups is 1. The fourth-order valence-corrected chi connectivity index (χ4v) is 3.04. The molecule has 1 amide bonds. The fourth-order valence-electron chi connectivity index (χ4n) is 3.04. The Hall–Kier alpha value is -1.89. The van der Waals surface area contributed by atoms with E-state index in [0.717, 1.165) is 25.9 Å². The van der Waals surface area contributed by atoms with E-state index in [9.17, 15) is 13.6 Å². The first-order valence-electron chi connectivity index (χ1n) is 8.30. The van der Waals surface area contributed by atoms with Crippen LogP contribution in [0.15, 0.2) is 18.2 Å². The molecule has 0 atom stereocenters. The summed E-state index contributed by atoms with van der Waals surface area (Å²) in [7, 11) is 1.35. The minimum absolute atomic E-state index is 0.0828. The van der Waals surface area contributed by atoms with Gasteiger partial charge in [0.25, 0.3) is 5.91 Å². The molecule has 1 saturated heterocycles. The molecule has 7 heteroatoms. The number of ether oxygens (including phenoxy) is 2. The van der Waals surface area contributed by atoms with Crippen LogP contribution in [0.5, 0.6) is 11.5 Å². The summed E-state index contributed by atoms with van der Waals surface area (Å²) in [5, 5.41) is 3.01. The van der Waals surface area contributed by atoms with Gasteiger partial charge in [-0.2, -0.15) is 8.78 Å². The van der Waals surface area contributed by atoms with Gasteiger partial charge < -0.3 is 19.7 Å². The third kappa shape index (κ3) is 5.06. The molecule has 0 saturated carbocycles. The minimum Gasteiger partial charge on any atom is -0.493 e. The van der Waals surface area contributed by atoms with Crippen molar-refractivity contribution in [3.05, 3.63) is 23.8 Å². The number of hydrogen-bond donors (Lipinski definition) is 2. The van der Waals surface area contributed by atoms with Gasteiger partial charge in [0.1, 0.15) is 0 Å². The summed E-state index contributed by atoms with van der Waals surface area (Å²) in [4.78, 5) is 13.9. The Morgan fingerprint density at radius 1 is 1.33 bits per heavy atom. The van der Waals surface area contributed by atoms with Crippen molar-refractivity contribution in [3.63, 3.8) is 0 Å². The van der Waals surface area contributed by atoms with Crippen molar-refractivity contribution in [3.8, 4) is 11.5 Å². The lowest BCUT2D eigenvalue weighted by Crippen LogP contribution is -3.13. The smallest absolute Gasteiger partial charge is 0.387 e. The molecule has 0 radical (unpaired) electrons. The second-order valence-corrected chi connectivity index (χ2v) is 5.99. The number of piperidine rings is 1. The van der Waals surface area contributed by atoms with Crippen molar-refractivity contribution < 1.29 is 27.9 Å². The molecular weight excluding hydrogens is 318 g/mol. The predicted octanol–water partition coefficient (Wildman–Crippen LogP) is 1.48. The van der Waals surface area contributed by atoms with Gasteiger partial charge in [-0.05, 0) is 24.6 Å². The molecule has 0 aromatic heterocycles. The molecule has 1 fully saturated rings. The Morgan fingerprint density at radius 3 is 2.62 bits per heavy atom. The van der Waals surface area contributed by atoms with Crippen LogP contribution in [0.25, 0.3) is 0 Å². The Kier molecular flexibility index (Phi) is 6.78. The monoisotopic (exact) mass is 343 g/mol. The van der Waals surface area contributed by atoms with Crippen LogP contribution in [-0.4, -0.2) is 45.3 Å². The minimum atomic E-state index is -2.94. The summed E-state index contributed by atoms with van der Waals surface area (Å²) in [6, 6.07) is 4.37. The van der Waals surface area contributed by atoms with Crippen LogP contribution in [0.3, 0.4) is 0 Å². The second-order valence-electron chi connectivity index (χ2n) is 5.99. The first kappa shape index (κ1) is 18.4. The highest BCUT2D eigenvalue weighted by atomic mass is 19.3. The summed E-state index contributed by atoms with van der Waals surface area (Å²) < 4.78 is 34.1. The molecule has 2 N–H and O–H groups in total. The molecule has 1 aliphatic heterocycles. The molecule has 0 aliphatic carbocycles. The largest absolute Gasteiger partial charge is 0.493 e. The van der Waals surface area contributed by atoms with Gasteiger partial charge in [0.2, 0.25) is 0 Å². The van der Waals surface area contributed by atoms with Gasteiger partial charge in [0.15, 0.2) is 11.5 Å². The van der Waals surface area contributed by atoms with Gasteiger partial charge in [-0.25, -0.2) is 0 Å². The average molecular weight is 343 g/mol. The Labute approximate surface area is 140 Å². The zero-order chi connectivity index (χ0) is 17.5. The van der Waals surface area contributed by atoms with Crippen molar-refractivity contribution in [1.82, 2.24) is 5.32 Å². The van der Waals surface area contributed by atoms with Crippen LogP contribution in [0.2, 0.25) is 0 Å². The molecule has 24 heavy (non-hydrogen) atoms. The molecule has 0 bridgehead atoms. The standard InChI is InChI=1S/C17H24F2N2O3/c1-3-8-21-9-6-13(7-10-21)20-16(22)12-4-5-14(24-17(18)19)15(11-12)23-2/h4-5,11,13,17H,3,6-10H2,1-2H3,(H,20,22)/p+1. The number of hydrogen-bond acceptors (Lipinski definition) is 3. The van der Waals surface area contributed by atoms with E-state index < -0.39 is 6.61 Å². The highest BCUT2D eigenvalue weighted by molar-refractivity contribution is 5.95. The third-order valence-corrected chi connectivity index (χ3v) is 4.27. The van der Waals surface area contributed by atoms with Gasteiger partial charge in [-0.3, -0.25) is 4.79 Å². The van der Waals surface area contributed by atoms with E-state index in [2.05, 4.69) is 17.0 Å². The van der Waals surface area contributed by atoms with Crippen LogP contribution in [0.4, 0.5) is 8.78 Å². The summed E-state index contributed by atoms with van der Waals surface area (Å²) >= 11 is 0. The maximum absolute atomic E-state index is 12.4. The van der Waals surface area contributed by atoms with Crippen LogP contribution in [0.1, 0.15) is 36.5 Å². The molecule has 0 spiro atoms. The van der Waals surface area contributed by atoms with E-state index in [4.69, 9.17) is 4.74 Å². The van der Waals surface area contributed by atoms with E-state index in [0.29, 0.717) is 5.56 Å². The quantitative estimate of drug-likeness (QED) is 0.789. The van der Waals surface area contributed by atoms with E-state index in [1.165, 1.54) is 38.3 Å². The molecule has 1 heterocycles. The zero-order valence-electron chi connectivity index (χ0n) is 14.1. The summed E-state index contributed by atoms with van der Waals surface area (Å²) in [6.07, 6.45) is 3.06. The number of alkyl halides is 2. The number of quaternary nitrogens is 1. The first-order chi connectivity index (χ1) is 11.5. The Balaban J connectivity index is 1.95. The molecule has 2 rings (SSSR count). The van der Waals surface area contributed by atoms with Crippen molar-refractivity contribution in [2.24, 2.45) is 0 Å². The van der Waals surface area contributed by atoms with Gasteiger partial charge in [0.05, 0.1) is 26.7 Å². The fraction of sp³-hybridized carbons (Fsp3) is 0.588. The van der Waals surface area contributed by atoms with Crippen molar-refractivity contribution >= 4 is 5.91 Å². The Morgan fingerprint density at radius 2 is 2.04 bits per heavy atom. The maximum Gasteiger partial charge on any atom is 0.387 e. The van der Waals surface area contributed by atoms with Crippen LogP contribution in [-0.2, 0) is 0 Å².